The van der Waals surface area contributed by atoms with Gasteiger partial charge in [0, 0.05) is 12.6 Å². The Labute approximate surface area is 123 Å². The van der Waals surface area contributed by atoms with Gasteiger partial charge in [-0.3, -0.25) is 10.1 Å². The van der Waals surface area contributed by atoms with E-state index in [1.165, 1.54) is 0 Å². The van der Waals surface area contributed by atoms with Crippen LogP contribution in [-0.2, 0) is 13.0 Å². The van der Waals surface area contributed by atoms with Gasteiger partial charge in [0.25, 0.3) is 0 Å². The van der Waals surface area contributed by atoms with Gasteiger partial charge < -0.3 is 10.5 Å². The predicted molar refractivity (Wildman–Crippen MR) is 81.6 cm³/mol. The molecular formula is C16H18N2O3. The molecule has 0 amide bonds. The van der Waals surface area contributed by atoms with Gasteiger partial charge in [-0.1, -0.05) is 25.1 Å². The summed E-state index contributed by atoms with van der Waals surface area (Å²) in [7, 11) is 0. The predicted octanol–water partition coefficient (Wildman–Crippen LogP) is 3.72. The summed E-state index contributed by atoms with van der Waals surface area (Å²) in [5, 5.41) is 11.2. The van der Waals surface area contributed by atoms with Crippen LogP contribution in [0.4, 0.5) is 5.69 Å². The van der Waals surface area contributed by atoms with Crippen LogP contribution in [0, 0.1) is 17.0 Å². The number of hydrogen-bond donors (Lipinski definition) is 1. The largest absolute Gasteiger partial charge is 0.450 e. The highest BCUT2D eigenvalue weighted by molar-refractivity contribution is 5.51. The topological polar surface area (TPSA) is 78.4 Å². The van der Waals surface area contributed by atoms with E-state index in [2.05, 4.69) is 0 Å². The van der Waals surface area contributed by atoms with Crippen molar-refractivity contribution in [2.75, 3.05) is 0 Å². The number of nitrogens with zero attached hydrogens (tertiary/aromatic N) is 1. The molecule has 5 heteroatoms. The van der Waals surface area contributed by atoms with Crippen LogP contribution >= 0.6 is 0 Å². The lowest BCUT2D eigenvalue weighted by molar-refractivity contribution is -0.385. The normalized spacial score (nSPS) is 10.4. The van der Waals surface area contributed by atoms with Crippen LogP contribution in [0.1, 0.15) is 23.6 Å². The Morgan fingerprint density at radius 2 is 1.86 bits per heavy atom. The van der Waals surface area contributed by atoms with Crippen LogP contribution < -0.4 is 10.5 Å². The lowest BCUT2D eigenvalue weighted by Crippen LogP contribution is -1.99. The van der Waals surface area contributed by atoms with E-state index in [0.717, 1.165) is 23.1 Å². The average molecular weight is 286 g/mol. The number of hydrogen-bond acceptors (Lipinski definition) is 4. The van der Waals surface area contributed by atoms with E-state index in [0.29, 0.717) is 12.3 Å². The van der Waals surface area contributed by atoms with E-state index in [1.807, 2.05) is 38.1 Å². The van der Waals surface area contributed by atoms with Crippen LogP contribution in [0.25, 0.3) is 0 Å². The first-order valence-electron chi connectivity index (χ1n) is 6.80. The Hall–Kier alpha value is -2.40. The molecule has 0 aliphatic rings. The molecule has 2 aromatic carbocycles. The summed E-state index contributed by atoms with van der Waals surface area (Å²) in [4.78, 5) is 10.8. The molecule has 0 heterocycles. The molecule has 0 saturated carbocycles. The average Bonchev–Trinajstić information content (AvgIpc) is 2.49. The van der Waals surface area contributed by atoms with E-state index in [-0.39, 0.29) is 11.4 Å². The second-order valence-corrected chi connectivity index (χ2v) is 4.82. The molecule has 0 saturated heterocycles. The van der Waals surface area contributed by atoms with Gasteiger partial charge in [0.1, 0.15) is 5.75 Å². The van der Waals surface area contributed by atoms with Gasteiger partial charge in [0.15, 0.2) is 0 Å². The summed E-state index contributed by atoms with van der Waals surface area (Å²) < 4.78 is 5.75. The summed E-state index contributed by atoms with van der Waals surface area (Å²) in [6.07, 6.45) is 0.739. The summed E-state index contributed by atoms with van der Waals surface area (Å²) in [6.45, 7) is 4.24. The number of nitro benzene ring substituents is 1. The fourth-order valence-corrected chi connectivity index (χ4v) is 2.01. The zero-order valence-corrected chi connectivity index (χ0v) is 12.1. The molecule has 2 N–H and O–H groups in total. The number of nitro groups is 1. The number of rotatable bonds is 5. The molecule has 0 unspecified atom stereocenters. The zero-order valence-electron chi connectivity index (χ0n) is 12.1. The summed E-state index contributed by atoms with van der Waals surface area (Å²) in [6, 6.07) is 10.7. The van der Waals surface area contributed by atoms with Crippen molar-refractivity contribution in [3.8, 4) is 11.5 Å². The Bertz CT molecular complexity index is 669. The molecule has 0 radical (unpaired) electrons. The van der Waals surface area contributed by atoms with Gasteiger partial charge in [0.05, 0.1) is 4.92 Å². The van der Waals surface area contributed by atoms with Crippen LogP contribution in [-0.4, -0.2) is 4.92 Å². The van der Waals surface area contributed by atoms with E-state index in [4.69, 9.17) is 10.5 Å². The minimum atomic E-state index is -0.420. The zero-order chi connectivity index (χ0) is 15.4. The fraction of sp³-hybridized carbons (Fsp3) is 0.250. The standard InChI is InChI=1S/C16H18N2O3/c1-3-12-6-7-15(14(8-12)18(19)20)21-16-9-13(10-17)5-4-11(16)2/h4-9H,3,10,17H2,1-2H3. The van der Waals surface area contributed by atoms with E-state index in [1.54, 1.807) is 12.1 Å². The monoisotopic (exact) mass is 286 g/mol. The molecule has 2 rings (SSSR count). The second-order valence-electron chi connectivity index (χ2n) is 4.82. The molecule has 0 bridgehead atoms. The Kier molecular flexibility index (Phi) is 4.55. The lowest BCUT2D eigenvalue weighted by atomic mass is 10.1. The van der Waals surface area contributed by atoms with Gasteiger partial charge in [0.2, 0.25) is 5.75 Å². The second kappa shape index (κ2) is 6.37. The Morgan fingerprint density at radius 3 is 2.48 bits per heavy atom. The van der Waals surface area contributed by atoms with Crippen LogP contribution in [0.5, 0.6) is 11.5 Å². The van der Waals surface area contributed by atoms with Gasteiger partial charge in [-0.25, -0.2) is 0 Å². The maximum absolute atomic E-state index is 11.2. The Morgan fingerprint density at radius 1 is 1.14 bits per heavy atom. The van der Waals surface area contributed by atoms with Gasteiger partial charge >= 0.3 is 5.69 Å². The Balaban J connectivity index is 2.41. The van der Waals surface area contributed by atoms with Crippen LogP contribution in [0.3, 0.4) is 0 Å². The molecule has 0 spiro atoms. The van der Waals surface area contributed by atoms with Gasteiger partial charge in [-0.2, -0.15) is 0 Å². The molecule has 5 nitrogen and oxygen atoms in total. The number of ether oxygens (including phenoxy) is 1. The minimum absolute atomic E-state index is 0.0214. The molecule has 0 aliphatic heterocycles. The SMILES string of the molecule is CCc1ccc(Oc2cc(CN)ccc2C)c([N+](=O)[O-])c1. The first-order valence-corrected chi connectivity index (χ1v) is 6.80. The third-order valence-electron chi connectivity index (χ3n) is 3.34. The number of nitrogens with two attached hydrogens (primary N) is 1. The van der Waals surface area contributed by atoms with Gasteiger partial charge in [-0.15, -0.1) is 0 Å². The maximum Gasteiger partial charge on any atom is 0.311 e. The van der Waals surface area contributed by atoms with Crippen LogP contribution in [0.2, 0.25) is 0 Å². The smallest absolute Gasteiger partial charge is 0.311 e. The summed E-state index contributed by atoms with van der Waals surface area (Å²) in [5.74, 6) is 0.833. The molecule has 0 aliphatic carbocycles. The maximum atomic E-state index is 11.2. The molecule has 2 aromatic rings. The third-order valence-corrected chi connectivity index (χ3v) is 3.34. The molecule has 21 heavy (non-hydrogen) atoms. The van der Waals surface area contributed by atoms with Crippen molar-refractivity contribution in [3.05, 3.63) is 63.2 Å². The highest BCUT2D eigenvalue weighted by atomic mass is 16.6. The van der Waals surface area contributed by atoms with Gasteiger partial charge in [-0.05, 0) is 42.2 Å². The lowest BCUT2D eigenvalue weighted by Gasteiger charge is -2.11. The molecule has 110 valence electrons. The molecule has 0 fully saturated rings. The molecule has 0 atom stereocenters. The molecule has 0 aromatic heterocycles. The highest BCUT2D eigenvalue weighted by Gasteiger charge is 2.17. The van der Waals surface area contributed by atoms with Crippen molar-refractivity contribution >= 4 is 5.69 Å². The summed E-state index contributed by atoms with van der Waals surface area (Å²) in [5.41, 5.74) is 8.32. The van der Waals surface area contributed by atoms with Crippen LogP contribution in [0.15, 0.2) is 36.4 Å². The fourth-order valence-electron chi connectivity index (χ4n) is 2.01. The number of aryl methyl sites for hydroxylation is 2. The van der Waals surface area contributed by atoms with Crippen molar-refractivity contribution in [2.24, 2.45) is 5.73 Å². The number of benzene rings is 2. The van der Waals surface area contributed by atoms with E-state index in [9.17, 15) is 10.1 Å². The first kappa shape index (κ1) is 15.0. The van der Waals surface area contributed by atoms with Crippen molar-refractivity contribution in [3.63, 3.8) is 0 Å². The third kappa shape index (κ3) is 3.38. The summed E-state index contributed by atoms with van der Waals surface area (Å²) >= 11 is 0. The van der Waals surface area contributed by atoms with E-state index < -0.39 is 4.92 Å². The van der Waals surface area contributed by atoms with Crippen molar-refractivity contribution in [1.82, 2.24) is 0 Å². The molecular weight excluding hydrogens is 268 g/mol. The first-order chi connectivity index (χ1) is 10.0. The van der Waals surface area contributed by atoms with Crippen molar-refractivity contribution in [1.29, 1.82) is 0 Å². The highest BCUT2D eigenvalue weighted by Crippen LogP contribution is 2.34. The minimum Gasteiger partial charge on any atom is -0.450 e. The van der Waals surface area contributed by atoms with Crippen molar-refractivity contribution < 1.29 is 9.66 Å². The quantitative estimate of drug-likeness (QED) is 0.671. The van der Waals surface area contributed by atoms with Crippen molar-refractivity contribution in [2.45, 2.75) is 26.8 Å². The van der Waals surface area contributed by atoms with E-state index >= 15 is 0 Å².